The number of aromatic nitrogens is 2. The van der Waals surface area contributed by atoms with Crippen molar-refractivity contribution in [2.24, 2.45) is 0 Å². The van der Waals surface area contributed by atoms with Crippen LogP contribution in [0.2, 0.25) is 0 Å². The van der Waals surface area contributed by atoms with Gasteiger partial charge in [-0.3, -0.25) is 4.79 Å². The third kappa shape index (κ3) is 2.68. The Morgan fingerprint density at radius 2 is 2.00 bits per heavy atom. The summed E-state index contributed by atoms with van der Waals surface area (Å²) in [5.74, 6) is -2.96. The summed E-state index contributed by atoms with van der Waals surface area (Å²) in [5, 5.41) is 9.17. The van der Waals surface area contributed by atoms with Crippen LogP contribution in [0.3, 0.4) is 0 Å². The largest absolute Gasteiger partial charge is 0.480 e. The molecule has 0 saturated heterocycles. The van der Waals surface area contributed by atoms with E-state index in [0.29, 0.717) is 4.57 Å². The number of imidazole rings is 1. The standard InChI is InChI=1S/C14H13F3N2O3/c1-3-10(12(21)22)19-11-5-4-8(7(2)20)6-9(11)18-13(19)14(15,16)17/h4-6,10H,3H2,1-2H3,(H,21,22). The highest BCUT2D eigenvalue weighted by atomic mass is 19.4. The molecule has 0 aliphatic rings. The van der Waals surface area contributed by atoms with E-state index < -0.39 is 24.0 Å². The molecule has 0 saturated carbocycles. The normalized spacial score (nSPS) is 13.3. The van der Waals surface area contributed by atoms with Crippen LogP contribution >= 0.6 is 0 Å². The van der Waals surface area contributed by atoms with Gasteiger partial charge in [0.25, 0.3) is 0 Å². The van der Waals surface area contributed by atoms with Crippen LogP contribution in [0.4, 0.5) is 13.2 Å². The molecule has 1 heterocycles. The molecule has 1 aromatic carbocycles. The van der Waals surface area contributed by atoms with Gasteiger partial charge in [0.2, 0.25) is 5.82 Å². The van der Waals surface area contributed by atoms with Crippen molar-refractivity contribution in [3.63, 3.8) is 0 Å². The van der Waals surface area contributed by atoms with Crippen molar-refractivity contribution in [2.45, 2.75) is 32.5 Å². The van der Waals surface area contributed by atoms with Crippen LogP contribution in [0.1, 0.15) is 42.5 Å². The fraction of sp³-hybridized carbons (Fsp3) is 0.357. The van der Waals surface area contributed by atoms with Gasteiger partial charge < -0.3 is 9.67 Å². The average molecular weight is 314 g/mol. The fourth-order valence-electron chi connectivity index (χ4n) is 2.30. The Kier molecular flexibility index (Phi) is 3.95. The van der Waals surface area contributed by atoms with Gasteiger partial charge in [0.05, 0.1) is 11.0 Å². The molecule has 0 aliphatic heterocycles. The number of hydrogen-bond donors (Lipinski definition) is 1. The van der Waals surface area contributed by atoms with Crippen LogP contribution in [0.25, 0.3) is 11.0 Å². The van der Waals surface area contributed by atoms with Gasteiger partial charge in [-0.05, 0) is 31.5 Å². The molecule has 2 rings (SSSR count). The molecular formula is C14H13F3N2O3. The van der Waals surface area contributed by atoms with Gasteiger partial charge in [-0.25, -0.2) is 9.78 Å². The van der Waals surface area contributed by atoms with E-state index in [1.165, 1.54) is 32.0 Å². The summed E-state index contributed by atoms with van der Waals surface area (Å²) >= 11 is 0. The number of Topliss-reactive ketones (excluding diaryl/α,β-unsaturated/α-hetero) is 1. The zero-order chi connectivity index (χ0) is 16.7. The molecule has 1 unspecified atom stereocenters. The Hall–Kier alpha value is -2.38. The van der Waals surface area contributed by atoms with Crippen LogP contribution in [0.5, 0.6) is 0 Å². The van der Waals surface area contributed by atoms with Gasteiger partial charge in [0.1, 0.15) is 6.04 Å². The molecule has 0 radical (unpaired) electrons. The second kappa shape index (κ2) is 5.43. The summed E-state index contributed by atoms with van der Waals surface area (Å²) in [6.07, 6.45) is -4.82. The lowest BCUT2D eigenvalue weighted by atomic mass is 10.1. The highest BCUT2D eigenvalue weighted by Crippen LogP contribution is 2.35. The van der Waals surface area contributed by atoms with Crippen LogP contribution in [0, 0.1) is 0 Å². The third-order valence-corrected chi connectivity index (χ3v) is 3.33. The Bertz CT molecular complexity index is 750. The molecule has 0 amide bonds. The number of ketones is 1. The molecule has 5 nitrogen and oxygen atoms in total. The topological polar surface area (TPSA) is 72.2 Å². The number of rotatable bonds is 4. The van der Waals surface area contributed by atoms with Gasteiger partial charge in [0, 0.05) is 5.56 Å². The van der Waals surface area contributed by atoms with Crippen LogP contribution in [-0.4, -0.2) is 26.4 Å². The highest BCUT2D eigenvalue weighted by molar-refractivity contribution is 5.97. The van der Waals surface area contributed by atoms with E-state index in [4.69, 9.17) is 5.11 Å². The first-order valence-corrected chi connectivity index (χ1v) is 6.49. The molecular weight excluding hydrogens is 301 g/mol. The van der Waals surface area contributed by atoms with E-state index in [1.54, 1.807) is 0 Å². The Morgan fingerprint density at radius 1 is 1.36 bits per heavy atom. The van der Waals surface area contributed by atoms with E-state index >= 15 is 0 Å². The number of halogens is 3. The predicted octanol–water partition coefficient (Wildman–Crippen LogP) is 3.29. The number of carbonyl (C=O) groups excluding carboxylic acids is 1. The molecule has 2 aromatic rings. The molecule has 0 bridgehead atoms. The monoisotopic (exact) mass is 314 g/mol. The van der Waals surface area contributed by atoms with Gasteiger partial charge in [-0.15, -0.1) is 0 Å². The average Bonchev–Trinajstić information content (AvgIpc) is 2.78. The lowest BCUT2D eigenvalue weighted by Gasteiger charge is -2.17. The number of fused-ring (bicyclic) bond motifs is 1. The Morgan fingerprint density at radius 3 is 2.45 bits per heavy atom. The summed E-state index contributed by atoms with van der Waals surface area (Å²) in [5.41, 5.74) is 0.195. The molecule has 0 fully saturated rings. The van der Waals surface area contributed by atoms with Gasteiger partial charge in [0.15, 0.2) is 5.78 Å². The zero-order valence-corrected chi connectivity index (χ0v) is 11.8. The molecule has 8 heteroatoms. The molecule has 22 heavy (non-hydrogen) atoms. The van der Waals surface area contributed by atoms with E-state index in [-0.39, 0.29) is 28.8 Å². The molecule has 1 atom stereocenters. The van der Waals surface area contributed by atoms with E-state index in [1.807, 2.05) is 0 Å². The quantitative estimate of drug-likeness (QED) is 0.879. The number of aliphatic carboxylic acids is 1. The third-order valence-electron chi connectivity index (χ3n) is 3.33. The Labute approximate surface area is 123 Å². The van der Waals surface area contributed by atoms with E-state index in [2.05, 4.69) is 4.98 Å². The van der Waals surface area contributed by atoms with Gasteiger partial charge >= 0.3 is 12.1 Å². The van der Waals surface area contributed by atoms with Gasteiger partial charge in [-0.2, -0.15) is 13.2 Å². The number of hydrogen-bond acceptors (Lipinski definition) is 3. The number of nitrogens with zero attached hydrogens (tertiary/aromatic N) is 2. The number of carboxylic acid groups (broad SMARTS) is 1. The zero-order valence-electron chi connectivity index (χ0n) is 11.8. The lowest BCUT2D eigenvalue weighted by Crippen LogP contribution is -2.24. The highest BCUT2D eigenvalue weighted by Gasteiger charge is 2.40. The number of benzene rings is 1. The molecule has 1 aromatic heterocycles. The van der Waals surface area contributed by atoms with Crippen molar-refractivity contribution in [3.8, 4) is 0 Å². The summed E-state index contributed by atoms with van der Waals surface area (Å²) in [6, 6.07) is 2.50. The fourth-order valence-corrected chi connectivity index (χ4v) is 2.30. The Balaban J connectivity index is 2.80. The number of alkyl halides is 3. The maximum Gasteiger partial charge on any atom is 0.449 e. The summed E-state index contributed by atoms with van der Waals surface area (Å²) in [7, 11) is 0. The van der Waals surface area contributed by atoms with Crippen molar-refractivity contribution in [1.82, 2.24) is 9.55 Å². The smallest absolute Gasteiger partial charge is 0.449 e. The van der Waals surface area contributed by atoms with Crippen molar-refractivity contribution >= 4 is 22.8 Å². The molecule has 0 spiro atoms. The summed E-state index contributed by atoms with van der Waals surface area (Å²) in [6.45, 7) is 2.77. The minimum atomic E-state index is -4.79. The molecule has 1 N–H and O–H groups in total. The lowest BCUT2D eigenvalue weighted by molar-refractivity contribution is -0.151. The molecule has 118 valence electrons. The molecule has 0 aliphatic carbocycles. The van der Waals surface area contributed by atoms with E-state index in [0.717, 1.165) is 0 Å². The maximum atomic E-state index is 13.2. The van der Waals surface area contributed by atoms with Gasteiger partial charge in [-0.1, -0.05) is 6.92 Å². The van der Waals surface area contributed by atoms with Crippen molar-refractivity contribution in [2.75, 3.05) is 0 Å². The minimum Gasteiger partial charge on any atom is -0.480 e. The first-order chi connectivity index (χ1) is 10.2. The SMILES string of the molecule is CCC(C(=O)O)n1c(C(F)(F)F)nc2cc(C(C)=O)ccc21. The predicted molar refractivity (Wildman–Crippen MR) is 71.7 cm³/mol. The van der Waals surface area contributed by atoms with Crippen LogP contribution in [-0.2, 0) is 11.0 Å². The first-order valence-electron chi connectivity index (χ1n) is 6.49. The van der Waals surface area contributed by atoms with Crippen molar-refractivity contribution in [1.29, 1.82) is 0 Å². The number of carbonyl (C=O) groups is 2. The van der Waals surface area contributed by atoms with Crippen molar-refractivity contribution < 1.29 is 27.9 Å². The number of carboxylic acids is 1. The van der Waals surface area contributed by atoms with Crippen LogP contribution in [0.15, 0.2) is 18.2 Å². The minimum absolute atomic E-state index is 0.0294. The van der Waals surface area contributed by atoms with Crippen molar-refractivity contribution in [3.05, 3.63) is 29.6 Å². The second-order valence-corrected chi connectivity index (χ2v) is 4.83. The van der Waals surface area contributed by atoms with Crippen LogP contribution < -0.4 is 0 Å². The maximum absolute atomic E-state index is 13.2. The summed E-state index contributed by atoms with van der Waals surface area (Å²) < 4.78 is 40.2. The van der Waals surface area contributed by atoms with E-state index in [9.17, 15) is 22.8 Å². The summed E-state index contributed by atoms with van der Waals surface area (Å²) in [4.78, 5) is 26.1. The first kappa shape index (κ1) is 16.0. The second-order valence-electron chi connectivity index (χ2n) is 4.83.